The molecular formula is C19H17ClF2N6O5S. The van der Waals surface area contributed by atoms with E-state index in [2.05, 4.69) is 19.8 Å². The SMILES string of the molecule is COc1nc(-n2cc(S(N)(=O)=O)c3ccc(Cl)c(-n4nccc4C)c32)nc(OC)c1OC(F)F. The van der Waals surface area contributed by atoms with E-state index in [0.29, 0.717) is 11.4 Å². The molecule has 0 atom stereocenters. The van der Waals surface area contributed by atoms with Crippen LogP contribution >= 0.6 is 11.6 Å². The maximum atomic E-state index is 12.9. The summed E-state index contributed by atoms with van der Waals surface area (Å²) in [7, 11) is -1.85. The van der Waals surface area contributed by atoms with Gasteiger partial charge in [-0.15, -0.1) is 0 Å². The lowest BCUT2D eigenvalue weighted by Gasteiger charge is -2.15. The summed E-state index contributed by atoms with van der Waals surface area (Å²) in [6.07, 6.45) is 2.72. The lowest BCUT2D eigenvalue weighted by molar-refractivity contribution is -0.0534. The van der Waals surface area contributed by atoms with E-state index >= 15 is 0 Å². The predicted molar refractivity (Wildman–Crippen MR) is 117 cm³/mol. The molecular weight excluding hydrogens is 498 g/mol. The van der Waals surface area contributed by atoms with Crippen LogP contribution in [0.1, 0.15) is 5.69 Å². The smallest absolute Gasteiger partial charge is 0.387 e. The fourth-order valence-electron chi connectivity index (χ4n) is 3.41. The third-order valence-electron chi connectivity index (χ3n) is 4.81. The first-order valence-electron chi connectivity index (χ1n) is 9.39. The van der Waals surface area contributed by atoms with Crippen molar-refractivity contribution < 1.29 is 31.4 Å². The maximum Gasteiger partial charge on any atom is 0.387 e. The lowest BCUT2D eigenvalue weighted by atomic mass is 10.2. The number of alkyl halides is 2. The van der Waals surface area contributed by atoms with E-state index in [4.69, 9.17) is 26.2 Å². The molecule has 1 aromatic carbocycles. The number of aromatic nitrogens is 5. The van der Waals surface area contributed by atoms with Crippen LogP contribution in [0.3, 0.4) is 0 Å². The van der Waals surface area contributed by atoms with Gasteiger partial charge < -0.3 is 14.2 Å². The normalized spacial score (nSPS) is 11.9. The Kier molecular flexibility index (Phi) is 6.05. The first-order chi connectivity index (χ1) is 16.1. The van der Waals surface area contributed by atoms with Gasteiger partial charge in [-0.3, -0.25) is 4.57 Å². The van der Waals surface area contributed by atoms with Crippen molar-refractivity contribution in [2.75, 3.05) is 14.2 Å². The summed E-state index contributed by atoms with van der Waals surface area (Å²) in [5.41, 5.74) is 1.23. The van der Waals surface area contributed by atoms with Crippen molar-refractivity contribution >= 4 is 32.5 Å². The summed E-state index contributed by atoms with van der Waals surface area (Å²) in [6, 6.07) is 4.70. The van der Waals surface area contributed by atoms with Gasteiger partial charge in [0.15, 0.2) is 0 Å². The van der Waals surface area contributed by atoms with Crippen molar-refractivity contribution in [1.29, 1.82) is 0 Å². The Balaban J connectivity index is 2.13. The second kappa shape index (κ2) is 8.70. The van der Waals surface area contributed by atoms with Crippen molar-refractivity contribution in [1.82, 2.24) is 24.3 Å². The molecule has 3 aromatic heterocycles. The molecule has 0 saturated heterocycles. The highest BCUT2D eigenvalue weighted by molar-refractivity contribution is 7.89. The fourth-order valence-corrected chi connectivity index (χ4v) is 4.37. The van der Waals surface area contributed by atoms with Crippen LogP contribution in [0.4, 0.5) is 8.78 Å². The van der Waals surface area contributed by atoms with Crippen molar-refractivity contribution in [2.45, 2.75) is 18.4 Å². The summed E-state index contributed by atoms with van der Waals surface area (Å²) >= 11 is 6.50. The van der Waals surface area contributed by atoms with E-state index in [-0.39, 0.29) is 38.5 Å². The average molecular weight is 515 g/mol. The van der Waals surface area contributed by atoms with Crippen molar-refractivity contribution in [3.63, 3.8) is 0 Å². The highest BCUT2D eigenvalue weighted by Crippen LogP contribution is 2.39. The van der Waals surface area contributed by atoms with Gasteiger partial charge in [-0.2, -0.15) is 23.8 Å². The Morgan fingerprint density at radius 3 is 2.26 bits per heavy atom. The van der Waals surface area contributed by atoms with E-state index in [1.807, 2.05) is 0 Å². The molecule has 0 radical (unpaired) electrons. The minimum absolute atomic E-state index is 0.191. The number of methoxy groups -OCH3 is 2. The Hall–Kier alpha value is -3.49. The second-order valence-corrected chi connectivity index (χ2v) is 8.77. The standard InChI is InChI=1S/C19H17ClF2N6O5S/c1-9-6-7-24-28(9)14-11(20)5-4-10-12(34(23,29)30)8-27(13(10)14)19-25-16(31-2)15(33-18(21)22)17(26-19)32-3/h4-8,18H,1-3H3,(H2,23,29,30). The van der Waals surface area contributed by atoms with Gasteiger partial charge in [0.25, 0.3) is 11.8 Å². The van der Waals surface area contributed by atoms with Crippen LogP contribution in [0.5, 0.6) is 17.5 Å². The molecule has 3 heterocycles. The van der Waals surface area contributed by atoms with Crippen LogP contribution < -0.4 is 19.3 Å². The molecule has 180 valence electrons. The van der Waals surface area contributed by atoms with Gasteiger partial charge in [0.2, 0.25) is 21.7 Å². The monoisotopic (exact) mass is 514 g/mol. The Morgan fingerprint density at radius 2 is 1.76 bits per heavy atom. The van der Waals surface area contributed by atoms with Gasteiger partial charge >= 0.3 is 6.61 Å². The number of sulfonamides is 1. The molecule has 4 aromatic rings. The van der Waals surface area contributed by atoms with E-state index in [0.717, 1.165) is 0 Å². The number of rotatable bonds is 7. The zero-order valence-electron chi connectivity index (χ0n) is 17.9. The second-order valence-electron chi connectivity index (χ2n) is 6.83. The number of halogens is 3. The van der Waals surface area contributed by atoms with Crippen LogP contribution in [0.15, 0.2) is 35.5 Å². The maximum absolute atomic E-state index is 12.9. The molecule has 0 spiro atoms. The van der Waals surface area contributed by atoms with E-state index in [1.54, 1.807) is 13.0 Å². The predicted octanol–water partition coefficient (Wildman–Crippen LogP) is 2.83. The number of fused-ring (bicyclic) bond motifs is 1. The Morgan fingerprint density at radius 1 is 1.12 bits per heavy atom. The van der Waals surface area contributed by atoms with Gasteiger partial charge in [-0.25, -0.2) is 18.2 Å². The number of ether oxygens (including phenoxy) is 3. The number of nitrogens with two attached hydrogens (primary N) is 1. The number of hydrogen-bond acceptors (Lipinski definition) is 8. The molecule has 0 fully saturated rings. The Bertz CT molecular complexity index is 1480. The number of aryl methyl sites for hydroxylation is 1. The van der Waals surface area contributed by atoms with E-state index in [1.165, 1.54) is 48.0 Å². The highest BCUT2D eigenvalue weighted by Gasteiger charge is 2.27. The zero-order chi connectivity index (χ0) is 24.8. The highest BCUT2D eigenvalue weighted by atomic mass is 35.5. The van der Waals surface area contributed by atoms with Gasteiger partial charge in [-0.05, 0) is 25.1 Å². The van der Waals surface area contributed by atoms with E-state index in [9.17, 15) is 17.2 Å². The third kappa shape index (κ3) is 3.99. The zero-order valence-corrected chi connectivity index (χ0v) is 19.4. The van der Waals surface area contributed by atoms with Gasteiger partial charge in [0, 0.05) is 23.5 Å². The van der Waals surface area contributed by atoms with Crippen LogP contribution in [-0.4, -0.2) is 53.6 Å². The first-order valence-corrected chi connectivity index (χ1v) is 11.3. The molecule has 0 aliphatic heterocycles. The lowest BCUT2D eigenvalue weighted by Crippen LogP contribution is -2.12. The summed E-state index contributed by atoms with van der Waals surface area (Å²) in [4.78, 5) is 8.00. The Labute approximate surface area is 196 Å². The molecule has 0 aliphatic carbocycles. The fraction of sp³-hybridized carbons (Fsp3) is 0.211. The first kappa shape index (κ1) is 23.7. The third-order valence-corrected chi connectivity index (χ3v) is 6.05. The van der Waals surface area contributed by atoms with Crippen LogP contribution in [0, 0.1) is 6.92 Å². The number of hydrogen-bond donors (Lipinski definition) is 1. The number of primary sulfonamides is 1. The van der Waals surface area contributed by atoms with Crippen molar-refractivity contribution in [3.8, 4) is 29.1 Å². The molecule has 0 amide bonds. The van der Waals surface area contributed by atoms with Crippen LogP contribution in [0.25, 0.3) is 22.5 Å². The molecule has 2 N–H and O–H groups in total. The topological polar surface area (TPSA) is 136 Å². The van der Waals surface area contributed by atoms with Crippen molar-refractivity contribution in [2.24, 2.45) is 5.14 Å². The van der Waals surface area contributed by atoms with Gasteiger partial charge in [0.1, 0.15) is 10.6 Å². The molecule has 0 bridgehead atoms. The average Bonchev–Trinajstić information content (AvgIpc) is 3.37. The number of benzene rings is 1. The quantitative estimate of drug-likeness (QED) is 0.397. The summed E-state index contributed by atoms with van der Waals surface area (Å²) in [6.45, 7) is -1.43. The molecule has 34 heavy (non-hydrogen) atoms. The minimum Gasteiger partial charge on any atom is -0.478 e. The largest absolute Gasteiger partial charge is 0.478 e. The molecule has 4 rings (SSSR count). The minimum atomic E-state index is -4.22. The molecule has 0 unspecified atom stereocenters. The van der Waals surface area contributed by atoms with Crippen LogP contribution in [0.2, 0.25) is 5.02 Å². The summed E-state index contributed by atoms with van der Waals surface area (Å²) < 4.78 is 68.0. The number of nitrogens with zero attached hydrogens (tertiary/aromatic N) is 5. The molecule has 11 nitrogen and oxygen atoms in total. The van der Waals surface area contributed by atoms with Gasteiger partial charge in [-0.1, -0.05) is 11.6 Å². The van der Waals surface area contributed by atoms with Crippen molar-refractivity contribution in [3.05, 3.63) is 41.3 Å². The molecule has 0 aliphatic rings. The summed E-state index contributed by atoms with van der Waals surface area (Å²) in [5, 5.41) is 10.1. The molecule has 15 heteroatoms. The van der Waals surface area contributed by atoms with E-state index < -0.39 is 22.4 Å². The van der Waals surface area contributed by atoms with Crippen LogP contribution in [-0.2, 0) is 10.0 Å². The van der Waals surface area contributed by atoms with Gasteiger partial charge in [0.05, 0.1) is 24.8 Å². The molecule has 0 saturated carbocycles. The summed E-state index contributed by atoms with van der Waals surface area (Å²) in [5.74, 6) is -1.48.